The van der Waals surface area contributed by atoms with Crippen molar-refractivity contribution in [1.29, 1.82) is 0 Å². The van der Waals surface area contributed by atoms with Crippen molar-refractivity contribution >= 4 is 11.6 Å². The molecule has 0 amide bonds. The molecule has 0 bridgehead atoms. The summed E-state index contributed by atoms with van der Waals surface area (Å²) in [6.45, 7) is 2.60. The number of nitrogens with one attached hydrogen (secondary N) is 1. The number of rotatable bonds is 5. The molecule has 0 aliphatic rings. The molecule has 0 saturated carbocycles. The van der Waals surface area contributed by atoms with E-state index in [-0.39, 0.29) is 0 Å². The zero-order chi connectivity index (χ0) is 16.8. The van der Waals surface area contributed by atoms with Crippen molar-refractivity contribution in [2.75, 3.05) is 11.9 Å². The van der Waals surface area contributed by atoms with Crippen molar-refractivity contribution < 1.29 is 4.42 Å². The number of aromatic nitrogens is 1. The van der Waals surface area contributed by atoms with E-state index in [9.17, 15) is 0 Å². The number of para-hydroxylation sites is 1. The van der Waals surface area contributed by atoms with Crippen LogP contribution < -0.4 is 11.1 Å². The summed E-state index contributed by atoms with van der Waals surface area (Å²) in [7, 11) is 0. The largest absolute Gasteiger partial charge is 0.444 e. The molecule has 0 unspecified atom stereocenters. The van der Waals surface area contributed by atoms with E-state index >= 15 is 0 Å². The van der Waals surface area contributed by atoms with Gasteiger partial charge in [-0.1, -0.05) is 35.9 Å². The highest BCUT2D eigenvalue weighted by Crippen LogP contribution is 2.19. The number of aliphatic imine (C=N–C) groups is 1. The van der Waals surface area contributed by atoms with Crippen LogP contribution in [0.5, 0.6) is 0 Å². The van der Waals surface area contributed by atoms with Crippen LogP contribution in [0.15, 0.2) is 70.3 Å². The average Bonchev–Trinajstić information content (AvgIpc) is 3.05. The van der Waals surface area contributed by atoms with Crippen molar-refractivity contribution in [3.05, 3.63) is 72.1 Å². The molecule has 0 spiro atoms. The zero-order valence-electron chi connectivity index (χ0n) is 13.6. The number of benzene rings is 2. The number of aryl methyl sites for hydroxylation is 1. The lowest BCUT2D eigenvalue weighted by Gasteiger charge is -2.04. The molecule has 0 radical (unpaired) electrons. The van der Waals surface area contributed by atoms with E-state index in [0.29, 0.717) is 24.8 Å². The third-order valence-corrected chi connectivity index (χ3v) is 3.55. The predicted octanol–water partition coefficient (Wildman–Crippen LogP) is 3.62. The first-order valence-corrected chi connectivity index (χ1v) is 7.84. The van der Waals surface area contributed by atoms with E-state index in [4.69, 9.17) is 10.2 Å². The Morgan fingerprint density at radius 3 is 2.62 bits per heavy atom. The minimum absolute atomic E-state index is 0.392. The van der Waals surface area contributed by atoms with Crippen LogP contribution in [0.25, 0.3) is 11.5 Å². The number of oxazole rings is 1. The molecule has 0 aliphatic heterocycles. The van der Waals surface area contributed by atoms with Gasteiger partial charge in [-0.15, -0.1) is 0 Å². The summed E-state index contributed by atoms with van der Waals surface area (Å²) in [5.74, 6) is 1.02. The summed E-state index contributed by atoms with van der Waals surface area (Å²) < 4.78 is 5.54. The summed E-state index contributed by atoms with van der Waals surface area (Å²) in [5.41, 5.74) is 9.84. The molecule has 3 N–H and O–H groups in total. The topological polar surface area (TPSA) is 76.4 Å². The molecule has 0 saturated heterocycles. The fraction of sp³-hybridized carbons (Fsp3) is 0.158. The van der Waals surface area contributed by atoms with Gasteiger partial charge in [0.2, 0.25) is 5.89 Å². The summed E-state index contributed by atoms with van der Waals surface area (Å²) in [4.78, 5) is 8.80. The Balaban J connectivity index is 1.55. The van der Waals surface area contributed by atoms with Gasteiger partial charge in [-0.2, -0.15) is 0 Å². The summed E-state index contributed by atoms with van der Waals surface area (Å²) in [6, 6.07) is 17.8. The third-order valence-electron chi connectivity index (χ3n) is 3.55. The standard InChI is InChI=1S/C19H20N4O/c1-14-7-9-15(10-8-14)18-22-17(13-24-18)11-12-21-19(20)23-16-5-3-2-4-6-16/h2-10,13H,11-12H2,1H3,(H3,20,21,23). The van der Waals surface area contributed by atoms with Gasteiger partial charge in [0.1, 0.15) is 6.26 Å². The number of nitrogens with zero attached hydrogens (tertiary/aromatic N) is 2. The predicted molar refractivity (Wildman–Crippen MR) is 96.9 cm³/mol. The maximum atomic E-state index is 5.88. The molecule has 0 atom stereocenters. The maximum Gasteiger partial charge on any atom is 0.226 e. The van der Waals surface area contributed by atoms with Crippen LogP contribution in [0.3, 0.4) is 0 Å². The van der Waals surface area contributed by atoms with Crippen LogP contribution in [0.2, 0.25) is 0 Å². The molecule has 3 aromatic rings. The Kier molecular flexibility index (Phi) is 4.91. The molecule has 24 heavy (non-hydrogen) atoms. The van der Waals surface area contributed by atoms with E-state index in [0.717, 1.165) is 16.9 Å². The first-order valence-electron chi connectivity index (χ1n) is 7.84. The highest BCUT2D eigenvalue weighted by atomic mass is 16.3. The SMILES string of the molecule is Cc1ccc(-c2nc(CCN=C(N)Nc3ccccc3)co2)cc1. The second-order valence-corrected chi connectivity index (χ2v) is 5.52. The van der Waals surface area contributed by atoms with Gasteiger partial charge in [-0.25, -0.2) is 4.98 Å². The molecular formula is C19H20N4O. The summed E-state index contributed by atoms with van der Waals surface area (Å²) in [6.07, 6.45) is 2.35. The van der Waals surface area contributed by atoms with Gasteiger partial charge in [0, 0.05) is 24.2 Å². The number of hydrogen-bond acceptors (Lipinski definition) is 3. The van der Waals surface area contributed by atoms with Crippen molar-refractivity contribution in [3.63, 3.8) is 0 Å². The second kappa shape index (κ2) is 7.46. The molecule has 2 aromatic carbocycles. The van der Waals surface area contributed by atoms with E-state index in [1.807, 2.05) is 54.6 Å². The average molecular weight is 320 g/mol. The molecule has 5 heteroatoms. The maximum absolute atomic E-state index is 5.88. The van der Waals surface area contributed by atoms with Crippen LogP contribution in [0.4, 0.5) is 5.69 Å². The van der Waals surface area contributed by atoms with Crippen LogP contribution in [-0.4, -0.2) is 17.5 Å². The van der Waals surface area contributed by atoms with Crippen LogP contribution in [-0.2, 0) is 6.42 Å². The van der Waals surface area contributed by atoms with E-state index < -0.39 is 0 Å². The monoisotopic (exact) mass is 320 g/mol. The lowest BCUT2D eigenvalue weighted by Crippen LogP contribution is -2.23. The minimum atomic E-state index is 0.392. The van der Waals surface area contributed by atoms with Gasteiger partial charge >= 0.3 is 0 Å². The number of nitrogens with two attached hydrogens (primary N) is 1. The van der Waals surface area contributed by atoms with E-state index in [1.165, 1.54) is 5.56 Å². The Hall–Kier alpha value is -3.08. The van der Waals surface area contributed by atoms with Crippen molar-refractivity contribution in [3.8, 4) is 11.5 Å². The smallest absolute Gasteiger partial charge is 0.226 e. The fourth-order valence-electron chi connectivity index (χ4n) is 2.25. The van der Waals surface area contributed by atoms with Crippen molar-refractivity contribution in [2.24, 2.45) is 10.7 Å². The Bertz CT molecular complexity index is 807. The number of anilines is 1. The van der Waals surface area contributed by atoms with E-state index in [1.54, 1.807) is 6.26 Å². The lowest BCUT2D eigenvalue weighted by atomic mass is 10.1. The Morgan fingerprint density at radius 1 is 1.12 bits per heavy atom. The number of guanidine groups is 1. The molecule has 3 rings (SSSR count). The van der Waals surface area contributed by atoms with Crippen molar-refractivity contribution in [1.82, 2.24) is 4.98 Å². The first kappa shape index (κ1) is 15.8. The highest BCUT2D eigenvalue weighted by molar-refractivity contribution is 5.92. The molecule has 122 valence electrons. The zero-order valence-corrected chi connectivity index (χ0v) is 13.6. The van der Waals surface area contributed by atoms with Gasteiger partial charge in [0.05, 0.1) is 5.69 Å². The molecule has 0 aliphatic carbocycles. The first-order chi connectivity index (χ1) is 11.7. The quantitative estimate of drug-likeness (QED) is 0.556. The van der Waals surface area contributed by atoms with Crippen LogP contribution in [0.1, 0.15) is 11.3 Å². The van der Waals surface area contributed by atoms with Crippen LogP contribution >= 0.6 is 0 Å². The second-order valence-electron chi connectivity index (χ2n) is 5.52. The van der Waals surface area contributed by atoms with Crippen molar-refractivity contribution in [2.45, 2.75) is 13.3 Å². The van der Waals surface area contributed by atoms with Gasteiger partial charge in [0.15, 0.2) is 5.96 Å². The highest BCUT2D eigenvalue weighted by Gasteiger charge is 2.06. The Morgan fingerprint density at radius 2 is 1.88 bits per heavy atom. The fourth-order valence-corrected chi connectivity index (χ4v) is 2.25. The molecule has 0 fully saturated rings. The lowest BCUT2D eigenvalue weighted by molar-refractivity contribution is 0.572. The van der Waals surface area contributed by atoms with Gasteiger partial charge < -0.3 is 15.5 Å². The molecule has 1 heterocycles. The van der Waals surface area contributed by atoms with Gasteiger partial charge in [0.25, 0.3) is 0 Å². The number of hydrogen-bond donors (Lipinski definition) is 2. The molecule has 1 aromatic heterocycles. The molecule has 5 nitrogen and oxygen atoms in total. The third kappa shape index (κ3) is 4.23. The minimum Gasteiger partial charge on any atom is -0.444 e. The summed E-state index contributed by atoms with van der Waals surface area (Å²) >= 11 is 0. The van der Waals surface area contributed by atoms with Gasteiger partial charge in [-0.3, -0.25) is 4.99 Å². The Labute approximate surface area is 141 Å². The van der Waals surface area contributed by atoms with Gasteiger partial charge in [-0.05, 0) is 31.2 Å². The normalized spacial score (nSPS) is 11.5. The molecular weight excluding hydrogens is 300 g/mol. The summed E-state index contributed by atoms with van der Waals surface area (Å²) in [5, 5.41) is 3.05. The van der Waals surface area contributed by atoms with Crippen LogP contribution in [0, 0.1) is 6.92 Å². The van der Waals surface area contributed by atoms with E-state index in [2.05, 4.69) is 22.2 Å².